The zero-order valence-corrected chi connectivity index (χ0v) is 6.80. The molecule has 0 aliphatic carbocycles. The van der Waals surface area contributed by atoms with Crippen LogP contribution in [0.2, 0.25) is 0 Å². The van der Waals surface area contributed by atoms with Crippen molar-refractivity contribution < 1.29 is 9.90 Å². The summed E-state index contributed by atoms with van der Waals surface area (Å²) in [4.78, 5) is 14.4. The predicted molar refractivity (Wildman–Crippen MR) is 43.9 cm³/mol. The third-order valence-electron chi connectivity index (χ3n) is 1.74. The van der Waals surface area contributed by atoms with Gasteiger partial charge in [0.1, 0.15) is 5.65 Å². The summed E-state index contributed by atoms with van der Waals surface area (Å²) in [6, 6.07) is 5.53. The molecule has 0 bridgehead atoms. The minimum absolute atomic E-state index is 0.137. The lowest BCUT2D eigenvalue weighted by Crippen LogP contribution is -2.24. The van der Waals surface area contributed by atoms with Crippen molar-refractivity contribution >= 4 is 11.6 Å². The number of aliphatic carboxylic acids is 1. The summed E-state index contributed by atoms with van der Waals surface area (Å²) in [6.45, 7) is 0. The van der Waals surface area contributed by atoms with Crippen molar-refractivity contribution in [3.8, 4) is 0 Å². The molecule has 0 unspecified atom stereocenters. The van der Waals surface area contributed by atoms with Gasteiger partial charge in [0.2, 0.25) is 0 Å². The van der Waals surface area contributed by atoms with Crippen LogP contribution in [-0.4, -0.2) is 15.4 Å². The highest BCUT2D eigenvalue weighted by Gasteiger charge is 1.99. The quantitative estimate of drug-likeness (QED) is 0.625. The summed E-state index contributed by atoms with van der Waals surface area (Å²) < 4.78 is 1.78. The third-order valence-corrected chi connectivity index (χ3v) is 1.74. The Morgan fingerprint density at radius 2 is 2.38 bits per heavy atom. The summed E-state index contributed by atoms with van der Waals surface area (Å²) >= 11 is 0. The van der Waals surface area contributed by atoms with Crippen LogP contribution in [-0.2, 0) is 11.2 Å². The van der Waals surface area contributed by atoms with Gasteiger partial charge in [-0.2, -0.15) is 0 Å². The summed E-state index contributed by atoms with van der Waals surface area (Å²) in [5.74, 6) is -1.11. The van der Waals surface area contributed by atoms with Gasteiger partial charge < -0.3 is 14.3 Å². The van der Waals surface area contributed by atoms with Crippen LogP contribution in [0.15, 0.2) is 30.6 Å². The van der Waals surface area contributed by atoms with Crippen molar-refractivity contribution in [3.05, 3.63) is 36.3 Å². The summed E-state index contributed by atoms with van der Waals surface area (Å²) in [7, 11) is 0. The highest BCUT2D eigenvalue weighted by Crippen LogP contribution is 2.04. The van der Waals surface area contributed by atoms with Crippen LogP contribution in [0.25, 0.3) is 5.65 Å². The SMILES string of the molecule is O=C([O-])Cc1cn2ccccc2n1. The van der Waals surface area contributed by atoms with E-state index < -0.39 is 5.97 Å². The Labute approximate surface area is 74.5 Å². The van der Waals surface area contributed by atoms with E-state index in [1.54, 1.807) is 10.6 Å². The summed E-state index contributed by atoms with van der Waals surface area (Å²) in [5.41, 5.74) is 1.27. The predicted octanol–water partition coefficient (Wildman–Crippen LogP) is -0.373. The maximum absolute atomic E-state index is 10.3. The van der Waals surface area contributed by atoms with Crippen molar-refractivity contribution in [3.63, 3.8) is 0 Å². The molecule has 0 spiro atoms. The van der Waals surface area contributed by atoms with E-state index in [1.165, 1.54) is 0 Å². The number of carbonyl (C=O) groups is 1. The second kappa shape index (κ2) is 2.90. The van der Waals surface area contributed by atoms with Crippen molar-refractivity contribution in [2.45, 2.75) is 6.42 Å². The highest BCUT2D eigenvalue weighted by atomic mass is 16.4. The molecule has 0 saturated heterocycles. The molecule has 0 radical (unpaired) electrons. The van der Waals surface area contributed by atoms with E-state index in [-0.39, 0.29) is 6.42 Å². The average Bonchev–Trinajstić information content (AvgIpc) is 2.44. The van der Waals surface area contributed by atoms with Crippen LogP contribution in [0, 0.1) is 0 Å². The number of imidazole rings is 1. The molecule has 0 N–H and O–H groups in total. The van der Waals surface area contributed by atoms with Crippen molar-refractivity contribution in [2.24, 2.45) is 0 Å². The van der Waals surface area contributed by atoms with Crippen LogP contribution in [0.5, 0.6) is 0 Å². The number of carboxylic acids is 1. The van der Waals surface area contributed by atoms with E-state index in [9.17, 15) is 9.90 Å². The fourth-order valence-electron chi connectivity index (χ4n) is 1.22. The van der Waals surface area contributed by atoms with Crippen molar-refractivity contribution in [1.29, 1.82) is 0 Å². The molecule has 0 saturated carbocycles. The fraction of sp³-hybridized carbons (Fsp3) is 0.111. The summed E-state index contributed by atoms with van der Waals surface area (Å²) in [6.07, 6.45) is 3.37. The maximum Gasteiger partial charge on any atom is 0.136 e. The molecule has 0 aliphatic heterocycles. The van der Waals surface area contributed by atoms with Crippen LogP contribution in [0.1, 0.15) is 5.69 Å². The molecule has 13 heavy (non-hydrogen) atoms. The first-order chi connectivity index (χ1) is 6.25. The van der Waals surface area contributed by atoms with Gasteiger partial charge in [0.05, 0.1) is 5.69 Å². The minimum atomic E-state index is -1.11. The lowest BCUT2D eigenvalue weighted by Gasteiger charge is -1.94. The Hall–Kier alpha value is -1.84. The Morgan fingerprint density at radius 1 is 1.54 bits per heavy atom. The molecule has 0 aliphatic rings. The van der Waals surface area contributed by atoms with E-state index in [2.05, 4.69) is 4.98 Å². The molecule has 0 fully saturated rings. The first-order valence-corrected chi connectivity index (χ1v) is 3.88. The number of hydrogen-bond donors (Lipinski definition) is 0. The average molecular weight is 175 g/mol. The number of carboxylic acid groups (broad SMARTS) is 1. The Balaban J connectivity index is 2.44. The number of rotatable bonds is 2. The smallest absolute Gasteiger partial charge is 0.136 e. The van der Waals surface area contributed by atoms with E-state index in [1.807, 2.05) is 24.4 Å². The molecular weight excluding hydrogens is 168 g/mol. The number of aromatic nitrogens is 2. The van der Waals surface area contributed by atoms with E-state index in [4.69, 9.17) is 0 Å². The Morgan fingerprint density at radius 3 is 3.08 bits per heavy atom. The van der Waals surface area contributed by atoms with Crippen LogP contribution in [0.4, 0.5) is 0 Å². The molecule has 4 heteroatoms. The van der Waals surface area contributed by atoms with Crippen molar-refractivity contribution in [1.82, 2.24) is 9.38 Å². The van der Waals surface area contributed by atoms with Gasteiger partial charge >= 0.3 is 0 Å². The molecule has 4 nitrogen and oxygen atoms in total. The van der Waals surface area contributed by atoms with E-state index in [0.717, 1.165) is 5.65 Å². The highest BCUT2D eigenvalue weighted by molar-refractivity contribution is 5.67. The normalized spacial score (nSPS) is 10.5. The molecular formula is C9H7N2O2-. The van der Waals surface area contributed by atoms with E-state index >= 15 is 0 Å². The Bertz CT molecular complexity index is 415. The molecule has 2 aromatic rings. The molecule has 2 heterocycles. The van der Waals surface area contributed by atoms with Gasteiger partial charge in [0, 0.05) is 24.8 Å². The number of hydrogen-bond acceptors (Lipinski definition) is 3. The Kier molecular flexibility index (Phi) is 1.73. The van der Waals surface area contributed by atoms with Gasteiger partial charge in [0.15, 0.2) is 0 Å². The molecule has 2 aromatic heterocycles. The molecule has 0 amide bonds. The lowest BCUT2D eigenvalue weighted by atomic mass is 10.3. The van der Waals surface area contributed by atoms with Gasteiger partial charge in [0.25, 0.3) is 0 Å². The zero-order valence-electron chi connectivity index (χ0n) is 6.80. The lowest BCUT2D eigenvalue weighted by molar-refractivity contribution is -0.304. The molecule has 0 aromatic carbocycles. The minimum Gasteiger partial charge on any atom is -0.550 e. The number of nitrogens with zero attached hydrogens (tertiary/aromatic N) is 2. The van der Waals surface area contributed by atoms with Gasteiger partial charge in [-0.1, -0.05) is 6.07 Å². The van der Waals surface area contributed by atoms with Crippen LogP contribution >= 0.6 is 0 Å². The zero-order chi connectivity index (χ0) is 9.26. The van der Waals surface area contributed by atoms with Crippen molar-refractivity contribution in [2.75, 3.05) is 0 Å². The molecule has 0 atom stereocenters. The number of fused-ring (bicyclic) bond motifs is 1. The second-order valence-electron chi connectivity index (χ2n) is 2.75. The van der Waals surface area contributed by atoms with Gasteiger partial charge in [-0.3, -0.25) is 0 Å². The van der Waals surface area contributed by atoms with Gasteiger partial charge in [-0.05, 0) is 12.1 Å². The largest absolute Gasteiger partial charge is 0.550 e. The first kappa shape index (κ1) is 7.79. The second-order valence-corrected chi connectivity index (χ2v) is 2.75. The maximum atomic E-state index is 10.3. The topological polar surface area (TPSA) is 57.4 Å². The van der Waals surface area contributed by atoms with Gasteiger partial charge in [-0.25, -0.2) is 4.98 Å². The van der Waals surface area contributed by atoms with E-state index in [0.29, 0.717) is 5.69 Å². The van der Waals surface area contributed by atoms with Crippen LogP contribution < -0.4 is 5.11 Å². The standard InChI is InChI=1S/C9H8N2O2/c12-9(13)5-7-6-11-4-2-1-3-8(11)10-7/h1-4,6H,5H2,(H,12,13)/p-1. The third kappa shape index (κ3) is 1.51. The fourth-order valence-corrected chi connectivity index (χ4v) is 1.22. The number of pyridine rings is 1. The first-order valence-electron chi connectivity index (χ1n) is 3.88. The summed E-state index contributed by atoms with van der Waals surface area (Å²) in [5, 5.41) is 10.3. The van der Waals surface area contributed by atoms with Crippen LogP contribution in [0.3, 0.4) is 0 Å². The number of carbonyl (C=O) groups excluding carboxylic acids is 1. The monoisotopic (exact) mass is 175 g/mol. The van der Waals surface area contributed by atoms with Gasteiger partial charge in [-0.15, -0.1) is 0 Å². The molecule has 2 rings (SSSR count). The molecule has 66 valence electrons.